The molecule has 0 radical (unpaired) electrons. The topological polar surface area (TPSA) is 67.9 Å². The number of benzene rings is 1. The van der Waals surface area contributed by atoms with Gasteiger partial charge in [-0.2, -0.15) is 0 Å². The summed E-state index contributed by atoms with van der Waals surface area (Å²) in [4.78, 5) is 24.7. The molecule has 7 heteroatoms. The van der Waals surface area contributed by atoms with Gasteiger partial charge in [0.15, 0.2) is 5.78 Å². The Morgan fingerprint density at radius 2 is 2.14 bits per heavy atom. The molecule has 22 heavy (non-hydrogen) atoms. The summed E-state index contributed by atoms with van der Waals surface area (Å²) >= 11 is 4.87. The fourth-order valence-corrected chi connectivity index (χ4v) is 2.27. The van der Waals surface area contributed by atoms with E-state index in [1.165, 1.54) is 14.0 Å². The molecule has 0 saturated carbocycles. The van der Waals surface area contributed by atoms with Gasteiger partial charge in [0.1, 0.15) is 6.10 Å². The SMILES string of the molecule is COC(=S)NCCC1CN(c2ccc(C(C)=O)cc2)C(=O)O1. The van der Waals surface area contributed by atoms with Crippen molar-refractivity contribution < 1.29 is 19.1 Å². The molecule has 1 N–H and O–H groups in total. The summed E-state index contributed by atoms with van der Waals surface area (Å²) in [6, 6.07) is 6.91. The average Bonchev–Trinajstić information content (AvgIpc) is 2.88. The highest BCUT2D eigenvalue weighted by Gasteiger charge is 2.31. The Labute approximate surface area is 134 Å². The number of hydrogen-bond acceptors (Lipinski definition) is 5. The second-order valence-corrected chi connectivity index (χ2v) is 5.30. The summed E-state index contributed by atoms with van der Waals surface area (Å²) in [6.07, 6.45) is 0.0547. The molecule has 1 heterocycles. The van der Waals surface area contributed by atoms with Gasteiger partial charge in [-0.3, -0.25) is 9.69 Å². The number of methoxy groups -OCH3 is 1. The van der Waals surface area contributed by atoms with E-state index < -0.39 is 0 Å². The molecule has 2 rings (SSSR count). The number of thiocarbonyl (C=S) groups is 1. The van der Waals surface area contributed by atoms with Gasteiger partial charge in [-0.15, -0.1) is 0 Å². The van der Waals surface area contributed by atoms with Gasteiger partial charge in [-0.1, -0.05) is 0 Å². The molecule has 1 unspecified atom stereocenters. The van der Waals surface area contributed by atoms with Crippen LogP contribution in [0.4, 0.5) is 10.5 Å². The Morgan fingerprint density at radius 1 is 1.45 bits per heavy atom. The van der Waals surface area contributed by atoms with Crippen molar-refractivity contribution in [3.63, 3.8) is 0 Å². The second kappa shape index (κ2) is 7.22. The third kappa shape index (κ3) is 3.94. The minimum absolute atomic E-state index is 0.00592. The van der Waals surface area contributed by atoms with E-state index >= 15 is 0 Å². The highest BCUT2D eigenvalue weighted by atomic mass is 32.1. The van der Waals surface area contributed by atoms with Crippen LogP contribution < -0.4 is 10.2 Å². The lowest BCUT2D eigenvalue weighted by molar-refractivity contribution is 0.101. The number of nitrogens with zero attached hydrogens (tertiary/aromatic N) is 1. The monoisotopic (exact) mass is 322 g/mol. The van der Waals surface area contributed by atoms with Crippen LogP contribution in [0.25, 0.3) is 0 Å². The molecule has 1 aromatic carbocycles. The first-order chi connectivity index (χ1) is 10.5. The van der Waals surface area contributed by atoms with Gasteiger partial charge in [-0.25, -0.2) is 4.79 Å². The number of rotatable bonds is 5. The normalized spacial score (nSPS) is 17.1. The summed E-state index contributed by atoms with van der Waals surface area (Å²) < 4.78 is 10.1. The van der Waals surface area contributed by atoms with E-state index in [-0.39, 0.29) is 18.0 Å². The van der Waals surface area contributed by atoms with E-state index in [9.17, 15) is 9.59 Å². The van der Waals surface area contributed by atoms with Gasteiger partial charge in [0.2, 0.25) is 0 Å². The van der Waals surface area contributed by atoms with Crippen LogP contribution in [0.5, 0.6) is 0 Å². The van der Waals surface area contributed by atoms with Crippen molar-refractivity contribution in [1.29, 1.82) is 0 Å². The molecule has 0 aliphatic carbocycles. The summed E-state index contributed by atoms with van der Waals surface area (Å²) in [6.45, 7) is 2.55. The molecule has 1 amide bonds. The minimum atomic E-state index is -0.380. The Balaban J connectivity index is 1.91. The lowest BCUT2D eigenvalue weighted by Gasteiger charge is -2.13. The van der Waals surface area contributed by atoms with Gasteiger partial charge < -0.3 is 14.8 Å². The first-order valence-electron chi connectivity index (χ1n) is 6.92. The predicted molar refractivity (Wildman–Crippen MR) is 86.3 cm³/mol. The van der Waals surface area contributed by atoms with Crippen LogP contribution in [0, 0.1) is 0 Å². The van der Waals surface area contributed by atoms with Crippen LogP contribution in [0.3, 0.4) is 0 Å². The first kappa shape index (κ1) is 16.2. The zero-order chi connectivity index (χ0) is 16.1. The number of hydrogen-bond donors (Lipinski definition) is 1. The van der Waals surface area contributed by atoms with Crippen molar-refractivity contribution >= 4 is 35.0 Å². The van der Waals surface area contributed by atoms with E-state index in [4.69, 9.17) is 21.7 Å². The van der Waals surface area contributed by atoms with Gasteiger partial charge in [0.25, 0.3) is 5.17 Å². The molecule has 6 nitrogen and oxygen atoms in total. The number of ether oxygens (including phenoxy) is 2. The van der Waals surface area contributed by atoms with Crippen LogP contribution in [-0.2, 0) is 9.47 Å². The number of Topliss-reactive ketones (excluding diaryl/α,β-unsaturated/α-hetero) is 1. The maximum absolute atomic E-state index is 11.9. The molecule has 118 valence electrons. The van der Waals surface area contributed by atoms with Crippen molar-refractivity contribution in [2.24, 2.45) is 0 Å². The van der Waals surface area contributed by atoms with E-state index in [0.717, 1.165) is 5.69 Å². The molecule has 1 aliphatic rings. The number of anilines is 1. The molecule has 1 atom stereocenters. The number of ketones is 1. The van der Waals surface area contributed by atoms with E-state index in [0.29, 0.717) is 30.2 Å². The summed E-state index contributed by atoms with van der Waals surface area (Å²) in [5, 5.41) is 3.23. The molecule has 1 saturated heterocycles. The van der Waals surface area contributed by atoms with Gasteiger partial charge in [-0.05, 0) is 43.4 Å². The minimum Gasteiger partial charge on any atom is -0.474 e. The quantitative estimate of drug-likeness (QED) is 0.661. The largest absolute Gasteiger partial charge is 0.474 e. The summed E-state index contributed by atoms with van der Waals surface area (Å²) in [7, 11) is 1.50. The molecule has 0 spiro atoms. The molecular formula is C15H18N2O4S. The zero-order valence-corrected chi connectivity index (χ0v) is 13.3. The fourth-order valence-electron chi connectivity index (χ4n) is 2.17. The predicted octanol–water partition coefficient (Wildman–Crippen LogP) is 2.13. The van der Waals surface area contributed by atoms with E-state index in [1.54, 1.807) is 29.2 Å². The molecule has 0 bridgehead atoms. The Bertz CT molecular complexity index is 573. The first-order valence-corrected chi connectivity index (χ1v) is 7.33. The van der Waals surface area contributed by atoms with Crippen molar-refractivity contribution in [2.45, 2.75) is 19.4 Å². The average molecular weight is 322 g/mol. The Hall–Kier alpha value is -2.15. The molecule has 1 fully saturated rings. The zero-order valence-electron chi connectivity index (χ0n) is 12.5. The smallest absolute Gasteiger partial charge is 0.414 e. The van der Waals surface area contributed by atoms with Crippen LogP contribution in [0.15, 0.2) is 24.3 Å². The molecule has 1 aromatic rings. The highest BCUT2D eigenvalue weighted by molar-refractivity contribution is 7.80. The maximum atomic E-state index is 11.9. The third-order valence-electron chi connectivity index (χ3n) is 3.38. The number of carbonyl (C=O) groups excluding carboxylic acids is 2. The second-order valence-electron chi connectivity index (χ2n) is 4.93. The fraction of sp³-hybridized carbons (Fsp3) is 0.400. The molecule has 0 aromatic heterocycles. The van der Waals surface area contributed by atoms with Gasteiger partial charge >= 0.3 is 6.09 Å². The Kier molecular flexibility index (Phi) is 5.32. The highest BCUT2D eigenvalue weighted by Crippen LogP contribution is 2.23. The third-order valence-corrected chi connectivity index (χ3v) is 3.69. The van der Waals surface area contributed by atoms with Crippen molar-refractivity contribution in [1.82, 2.24) is 5.32 Å². The van der Waals surface area contributed by atoms with E-state index in [1.807, 2.05) is 0 Å². The van der Waals surface area contributed by atoms with Crippen molar-refractivity contribution in [3.05, 3.63) is 29.8 Å². The Morgan fingerprint density at radius 3 is 2.73 bits per heavy atom. The van der Waals surface area contributed by atoms with E-state index in [2.05, 4.69) is 5.32 Å². The number of carbonyl (C=O) groups is 2. The summed E-state index contributed by atoms with van der Waals surface area (Å²) in [5.74, 6) is -0.00592. The molecular weight excluding hydrogens is 304 g/mol. The van der Waals surface area contributed by atoms with Gasteiger partial charge in [0.05, 0.1) is 13.7 Å². The lowest BCUT2D eigenvalue weighted by Crippen LogP contribution is -2.28. The maximum Gasteiger partial charge on any atom is 0.414 e. The van der Waals surface area contributed by atoms with Crippen LogP contribution in [0.1, 0.15) is 23.7 Å². The van der Waals surface area contributed by atoms with Gasteiger partial charge in [0, 0.05) is 24.2 Å². The summed E-state index contributed by atoms with van der Waals surface area (Å²) in [5.41, 5.74) is 1.34. The number of cyclic esters (lactones) is 1. The van der Waals surface area contributed by atoms with Crippen molar-refractivity contribution in [2.75, 3.05) is 25.1 Å². The standard InChI is InChI=1S/C15H18N2O4S/c1-10(18)11-3-5-12(6-4-11)17-9-13(21-15(17)19)7-8-16-14(22)20-2/h3-6,13H,7-9H2,1-2H3,(H,16,22). The van der Waals surface area contributed by atoms with Crippen LogP contribution >= 0.6 is 12.2 Å². The molecule has 1 aliphatic heterocycles. The van der Waals surface area contributed by atoms with Crippen LogP contribution in [-0.4, -0.2) is 43.4 Å². The lowest BCUT2D eigenvalue weighted by atomic mass is 10.1. The van der Waals surface area contributed by atoms with Crippen LogP contribution in [0.2, 0.25) is 0 Å². The number of amides is 1. The number of nitrogens with one attached hydrogen (secondary N) is 1. The van der Waals surface area contributed by atoms with Crippen molar-refractivity contribution in [3.8, 4) is 0 Å².